The molecule has 0 saturated carbocycles. The zero-order valence-corrected chi connectivity index (χ0v) is 57.9. The minimum absolute atomic E-state index is 0.102. The molecule has 0 bridgehead atoms. The number of unbranched alkanes of at least 4 members (excludes halogenated alkanes) is 40. The normalized spacial score (nSPS) is 14.1. The molecule has 0 aliphatic heterocycles. The van der Waals surface area contributed by atoms with Crippen LogP contribution in [0.2, 0.25) is 0 Å². The van der Waals surface area contributed by atoms with Crippen molar-refractivity contribution in [3.63, 3.8) is 0 Å². The molecule has 0 radical (unpaired) electrons. The van der Waals surface area contributed by atoms with Gasteiger partial charge in [-0.1, -0.05) is 298 Å². The molecule has 17 nitrogen and oxygen atoms in total. The first-order chi connectivity index (χ1) is 42.0. The maximum Gasteiger partial charge on any atom is 0.472 e. The Morgan fingerprint density at radius 1 is 0.310 bits per heavy atom. The van der Waals surface area contributed by atoms with Gasteiger partial charge in [0.1, 0.15) is 19.3 Å². The van der Waals surface area contributed by atoms with E-state index in [-0.39, 0.29) is 25.7 Å². The summed E-state index contributed by atoms with van der Waals surface area (Å²) in [4.78, 5) is 72.3. The number of ether oxygens (including phenoxy) is 4. The highest BCUT2D eigenvalue weighted by Crippen LogP contribution is 2.45. The van der Waals surface area contributed by atoms with Crippen molar-refractivity contribution in [2.45, 2.75) is 368 Å². The summed E-state index contributed by atoms with van der Waals surface area (Å²) in [6, 6.07) is 0. The molecule has 2 unspecified atom stereocenters. The first-order valence-electron chi connectivity index (χ1n) is 35.6. The van der Waals surface area contributed by atoms with E-state index in [0.717, 1.165) is 89.9 Å². The average molecular weight is 1280 g/mol. The fraction of sp³-hybridized carbons (Fsp3) is 0.941. The summed E-state index contributed by atoms with van der Waals surface area (Å²) in [6.45, 7) is 7.13. The molecule has 0 rings (SSSR count). The lowest BCUT2D eigenvalue weighted by Crippen LogP contribution is -2.30. The number of phosphoric acid groups is 2. The van der Waals surface area contributed by atoms with Gasteiger partial charge in [0.25, 0.3) is 0 Å². The highest BCUT2D eigenvalue weighted by atomic mass is 31.2. The summed E-state index contributed by atoms with van der Waals surface area (Å²) in [7, 11) is -9.89. The highest BCUT2D eigenvalue weighted by molar-refractivity contribution is 7.47. The molecular formula is C68H132O17P2. The van der Waals surface area contributed by atoms with Crippen LogP contribution < -0.4 is 0 Å². The lowest BCUT2D eigenvalue weighted by Gasteiger charge is -2.21. The fourth-order valence-corrected chi connectivity index (χ4v) is 11.9. The van der Waals surface area contributed by atoms with Crippen LogP contribution in [-0.4, -0.2) is 96.7 Å². The van der Waals surface area contributed by atoms with E-state index >= 15 is 0 Å². The maximum atomic E-state index is 13.0. The quantitative estimate of drug-likeness (QED) is 0.0222. The van der Waals surface area contributed by atoms with E-state index in [1.54, 1.807) is 0 Å². The summed E-state index contributed by atoms with van der Waals surface area (Å²) in [5.41, 5.74) is 0. The summed E-state index contributed by atoms with van der Waals surface area (Å²) in [6.07, 6.45) is 47.3. The van der Waals surface area contributed by atoms with Crippen LogP contribution in [-0.2, 0) is 65.4 Å². The summed E-state index contributed by atoms with van der Waals surface area (Å²) in [5.74, 6) is -1.46. The Bertz CT molecular complexity index is 1690. The van der Waals surface area contributed by atoms with Crippen molar-refractivity contribution < 1.29 is 80.2 Å². The standard InChI is InChI=1S/C68H132O17P2/c1-6-9-12-15-18-21-23-25-26-27-29-31-34-37-43-48-53-67(72)84-63(57-79-66(71)52-47-42-36-33-30-28-24-22-19-16-13-10-7-2)59-82-86(74,75)80-55-62(69)56-81-87(76,77)83-60-64(85-68(73)54-49-44-39-38-40-45-50-61(4)5)58-78-65(70)51-46-41-35-32-20-17-14-11-8-3/h61-64,69H,6-60H2,1-5H3,(H,74,75)(H,76,77)/t62-,63-,64-/m1/s1. The van der Waals surface area contributed by atoms with Crippen molar-refractivity contribution in [3.8, 4) is 0 Å². The molecule has 0 aromatic carbocycles. The van der Waals surface area contributed by atoms with Gasteiger partial charge in [-0.15, -0.1) is 0 Å². The second-order valence-electron chi connectivity index (χ2n) is 25.0. The van der Waals surface area contributed by atoms with Crippen LogP contribution in [0.3, 0.4) is 0 Å². The molecule has 19 heteroatoms. The Morgan fingerprint density at radius 3 is 0.782 bits per heavy atom. The van der Waals surface area contributed by atoms with Gasteiger partial charge in [0, 0.05) is 25.7 Å². The molecule has 5 atom stereocenters. The SMILES string of the molecule is CCCCCCCCCCCCCCCCCCC(=O)O[C@H](COC(=O)CCCCCCCCCCCCCCC)COP(=O)(O)OC[C@@H](O)COP(=O)(O)OC[C@@H](COC(=O)CCCCCCCCCCC)OC(=O)CCCCCCCCC(C)C. The minimum atomic E-state index is -4.95. The van der Waals surface area contributed by atoms with Crippen molar-refractivity contribution in [1.29, 1.82) is 0 Å². The van der Waals surface area contributed by atoms with Gasteiger partial charge in [0.05, 0.1) is 26.4 Å². The molecule has 0 aromatic heterocycles. The lowest BCUT2D eigenvalue weighted by atomic mass is 10.0. The van der Waals surface area contributed by atoms with E-state index in [2.05, 4.69) is 34.6 Å². The van der Waals surface area contributed by atoms with Gasteiger partial charge in [0.2, 0.25) is 0 Å². The molecular weight excluding hydrogens is 1150 g/mol. The number of esters is 4. The lowest BCUT2D eigenvalue weighted by molar-refractivity contribution is -0.161. The van der Waals surface area contributed by atoms with Crippen molar-refractivity contribution >= 4 is 39.5 Å². The number of carbonyl (C=O) groups excluding carboxylic acids is 4. The van der Waals surface area contributed by atoms with Gasteiger partial charge in [0.15, 0.2) is 12.2 Å². The number of rotatable bonds is 68. The summed E-state index contributed by atoms with van der Waals surface area (Å²) in [5, 5.41) is 10.6. The van der Waals surface area contributed by atoms with Crippen LogP contribution in [0.4, 0.5) is 0 Å². The van der Waals surface area contributed by atoms with Gasteiger partial charge < -0.3 is 33.8 Å². The van der Waals surface area contributed by atoms with Crippen molar-refractivity contribution in [3.05, 3.63) is 0 Å². The minimum Gasteiger partial charge on any atom is -0.462 e. The van der Waals surface area contributed by atoms with E-state index in [1.165, 1.54) is 173 Å². The predicted octanol–water partition coefficient (Wildman–Crippen LogP) is 19.4. The Balaban J connectivity index is 5.21. The van der Waals surface area contributed by atoms with E-state index < -0.39 is 97.5 Å². The largest absolute Gasteiger partial charge is 0.472 e. The van der Waals surface area contributed by atoms with Crippen molar-refractivity contribution in [2.24, 2.45) is 5.92 Å². The first kappa shape index (κ1) is 85.1. The van der Waals surface area contributed by atoms with Crippen LogP contribution in [0.25, 0.3) is 0 Å². The van der Waals surface area contributed by atoms with Gasteiger partial charge in [-0.05, 0) is 31.6 Å². The van der Waals surface area contributed by atoms with Crippen LogP contribution in [0, 0.1) is 5.92 Å². The number of aliphatic hydroxyl groups excluding tert-OH is 1. The molecule has 87 heavy (non-hydrogen) atoms. The molecule has 0 amide bonds. The van der Waals surface area contributed by atoms with Crippen molar-refractivity contribution in [2.75, 3.05) is 39.6 Å². The van der Waals surface area contributed by atoms with E-state index in [9.17, 15) is 43.2 Å². The van der Waals surface area contributed by atoms with E-state index in [0.29, 0.717) is 31.6 Å². The molecule has 516 valence electrons. The highest BCUT2D eigenvalue weighted by Gasteiger charge is 2.30. The van der Waals surface area contributed by atoms with Crippen LogP contribution in [0.1, 0.15) is 349 Å². The van der Waals surface area contributed by atoms with Crippen molar-refractivity contribution in [1.82, 2.24) is 0 Å². The third-order valence-electron chi connectivity index (χ3n) is 15.8. The molecule has 0 saturated heterocycles. The fourth-order valence-electron chi connectivity index (χ4n) is 10.3. The number of hydrogen-bond donors (Lipinski definition) is 3. The topological polar surface area (TPSA) is 237 Å². The molecule has 0 aromatic rings. The van der Waals surface area contributed by atoms with Crippen LogP contribution in [0.15, 0.2) is 0 Å². The third kappa shape index (κ3) is 62.6. The molecule has 0 spiro atoms. The number of phosphoric ester groups is 2. The van der Waals surface area contributed by atoms with E-state index in [4.69, 9.17) is 37.0 Å². The molecule has 0 aliphatic carbocycles. The smallest absolute Gasteiger partial charge is 0.462 e. The Labute approximate surface area is 530 Å². The second-order valence-corrected chi connectivity index (χ2v) is 27.9. The number of aliphatic hydroxyl groups is 1. The number of hydrogen-bond acceptors (Lipinski definition) is 15. The van der Waals surface area contributed by atoms with Crippen LogP contribution in [0.5, 0.6) is 0 Å². The first-order valence-corrected chi connectivity index (χ1v) is 38.6. The zero-order chi connectivity index (χ0) is 64.2. The maximum absolute atomic E-state index is 13.0. The second kappa shape index (κ2) is 61.6. The van der Waals surface area contributed by atoms with Gasteiger partial charge >= 0.3 is 39.5 Å². The third-order valence-corrected chi connectivity index (χ3v) is 17.7. The predicted molar refractivity (Wildman–Crippen MR) is 349 cm³/mol. The van der Waals surface area contributed by atoms with Crippen LogP contribution >= 0.6 is 15.6 Å². The molecule has 3 N–H and O–H groups in total. The van der Waals surface area contributed by atoms with Gasteiger partial charge in [-0.25, -0.2) is 9.13 Å². The average Bonchev–Trinajstić information content (AvgIpc) is 3.61. The molecule has 0 fully saturated rings. The summed E-state index contributed by atoms with van der Waals surface area (Å²) >= 11 is 0. The monoisotopic (exact) mass is 1280 g/mol. The Kier molecular flexibility index (Phi) is 60.2. The zero-order valence-electron chi connectivity index (χ0n) is 56.2. The Hall–Kier alpha value is -1.94. The Morgan fingerprint density at radius 2 is 0.529 bits per heavy atom. The van der Waals surface area contributed by atoms with Gasteiger partial charge in [-0.2, -0.15) is 0 Å². The molecule has 0 heterocycles. The molecule has 0 aliphatic rings. The van der Waals surface area contributed by atoms with Gasteiger partial charge in [-0.3, -0.25) is 37.3 Å². The van der Waals surface area contributed by atoms with E-state index in [1.807, 2.05) is 0 Å². The summed E-state index contributed by atoms with van der Waals surface area (Å²) < 4.78 is 68.1. The number of carbonyl (C=O) groups is 4.